The summed E-state index contributed by atoms with van der Waals surface area (Å²) in [5, 5.41) is 2.24. The van der Waals surface area contributed by atoms with Crippen LogP contribution < -0.4 is 10.4 Å². The Hall–Kier alpha value is -2.40. The lowest BCUT2D eigenvalue weighted by molar-refractivity contribution is -0.127. The average Bonchev–Trinajstić information content (AvgIpc) is 3.02. The van der Waals surface area contributed by atoms with E-state index in [4.69, 9.17) is 13.9 Å². The monoisotopic (exact) mass is 671 g/mol. The van der Waals surface area contributed by atoms with Crippen LogP contribution in [-0.4, -0.2) is 73.3 Å². The largest absolute Gasteiger partial charge is 0.407 e. The lowest BCUT2D eigenvalue weighted by atomic mass is 9.68. The predicted octanol–water partition coefficient (Wildman–Crippen LogP) is 6.21. The Balaban J connectivity index is 2.48. The second-order valence-corrected chi connectivity index (χ2v) is 19.8. The average molecular weight is 672 g/mol. The van der Waals surface area contributed by atoms with E-state index in [-0.39, 0.29) is 36.0 Å². The molecule has 2 rings (SSSR count). The molecule has 0 aliphatic carbocycles. The zero-order valence-electron chi connectivity index (χ0n) is 29.2. The van der Waals surface area contributed by atoms with E-state index in [1.165, 1.54) is 27.0 Å². The van der Waals surface area contributed by atoms with E-state index < -0.39 is 23.8 Å². The summed E-state index contributed by atoms with van der Waals surface area (Å²) in [5.74, 6) is -0.421. The molecule has 0 unspecified atom stereocenters. The highest BCUT2D eigenvalue weighted by Crippen LogP contribution is 2.40. The minimum absolute atomic E-state index is 0.0438. The van der Waals surface area contributed by atoms with Crippen molar-refractivity contribution in [1.29, 1.82) is 0 Å². The van der Waals surface area contributed by atoms with Crippen LogP contribution in [0.25, 0.3) is 0 Å². The molecule has 0 radical (unpaired) electrons. The number of ketones is 1. The lowest BCUT2D eigenvalue weighted by Gasteiger charge is -2.43. The van der Waals surface area contributed by atoms with Crippen LogP contribution in [0.15, 0.2) is 86.0 Å². The third-order valence-corrected chi connectivity index (χ3v) is 15.3. The quantitative estimate of drug-likeness (QED) is 0.0487. The van der Waals surface area contributed by atoms with Crippen LogP contribution >= 0.6 is 0 Å². The van der Waals surface area contributed by atoms with Crippen molar-refractivity contribution in [3.63, 3.8) is 0 Å². The van der Waals surface area contributed by atoms with Gasteiger partial charge in [-0.05, 0) is 59.0 Å². The van der Waals surface area contributed by atoms with Crippen LogP contribution in [0.1, 0.15) is 60.3 Å². The summed E-state index contributed by atoms with van der Waals surface area (Å²) in [6.45, 7) is 19.9. The number of methoxy groups -OCH3 is 1. The molecule has 0 spiro atoms. The molecule has 0 aliphatic rings. The van der Waals surface area contributed by atoms with Crippen LogP contribution in [0.4, 0.5) is 0 Å². The van der Waals surface area contributed by atoms with E-state index in [0.29, 0.717) is 45.4 Å². The highest BCUT2D eigenvalue weighted by Gasteiger charge is 2.50. The van der Waals surface area contributed by atoms with Crippen molar-refractivity contribution in [2.24, 2.45) is 17.3 Å². The van der Waals surface area contributed by atoms with Crippen molar-refractivity contribution in [2.45, 2.75) is 65.3 Å². The molecule has 46 heavy (non-hydrogen) atoms. The molecule has 0 bridgehead atoms. The number of carbonyl (C=O) groups is 1. The van der Waals surface area contributed by atoms with E-state index >= 15 is 0 Å². The summed E-state index contributed by atoms with van der Waals surface area (Å²) in [7, 11) is -4.73. The topological polar surface area (TPSA) is 82.1 Å². The highest BCUT2D eigenvalue weighted by atomic mass is 32.2. The van der Waals surface area contributed by atoms with Gasteiger partial charge >= 0.3 is 0 Å². The summed E-state index contributed by atoms with van der Waals surface area (Å²) < 4.78 is 45.3. The van der Waals surface area contributed by atoms with Gasteiger partial charge in [-0.15, -0.1) is 6.58 Å². The molecule has 256 valence electrons. The Labute approximate surface area is 280 Å². The number of hydrogen-bond donors (Lipinski definition) is 0. The number of carbonyl (C=O) groups excluding carboxylic acids is 1. The molecule has 0 aliphatic heterocycles. The molecule has 9 heteroatoms. The van der Waals surface area contributed by atoms with Gasteiger partial charge in [-0.1, -0.05) is 108 Å². The summed E-state index contributed by atoms with van der Waals surface area (Å²) in [4.78, 5) is 13.6. The normalized spacial score (nSPS) is 15.2. The van der Waals surface area contributed by atoms with Gasteiger partial charge in [0, 0.05) is 38.8 Å². The Morgan fingerprint density at radius 3 is 1.96 bits per heavy atom. The zero-order valence-corrected chi connectivity index (χ0v) is 31.0. The first kappa shape index (κ1) is 39.8. The fourth-order valence-corrected chi connectivity index (χ4v) is 11.9. The molecule has 0 heterocycles. The van der Waals surface area contributed by atoms with Crippen molar-refractivity contribution < 1.29 is 27.1 Å². The van der Waals surface area contributed by atoms with Gasteiger partial charge in [0.2, 0.25) is 10.0 Å². The van der Waals surface area contributed by atoms with Crippen LogP contribution in [-0.2, 0) is 28.7 Å². The fourth-order valence-electron chi connectivity index (χ4n) is 6.36. The highest BCUT2D eigenvalue weighted by molar-refractivity contribution is 7.88. The first-order valence-corrected chi connectivity index (χ1v) is 20.0. The van der Waals surface area contributed by atoms with Crippen molar-refractivity contribution in [3.05, 3.63) is 86.0 Å². The van der Waals surface area contributed by atoms with Crippen LogP contribution in [0.2, 0.25) is 5.04 Å². The summed E-state index contributed by atoms with van der Waals surface area (Å²) in [6.07, 6.45) is 6.76. The molecule has 2 aromatic rings. The van der Waals surface area contributed by atoms with E-state index in [1.54, 1.807) is 13.2 Å². The van der Waals surface area contributed by atoms with Gasteiger partial charge in [0.25, 0.3) is 8.32 Å². The predicted molar refractivity (Wildman–Crippen MR) is 192 cm³/mol. The molecule has 2 aromatic carbocycles. The van der Waals surface area contributed by atoms with E-state index in [2.05, 4.69) is 82.5 Å². The Kier molecular flexibility index (Phi) is 15.8. The van der Waals surface area contributed by atoms with Gasteiger partial charge in [0.15, 0.2) is 5.78 Å². The Bertz CT molecular complexity index is 1290. The molecule has 0 fully saturated rings. The molecule has 0 amide bonds. The second-order valence-electron chi connectivity index (χ2n) is 13.5. The second kappa shape index (κ2) is 18.2. The van der Waals surface area contributed by atoms with E-state index in [9.17, 15) is 13.2 Å². The number of rotatable bonds is 22. The molecule has 0 saturated heterocycles. The third kappa shape index (κ3) is 10.6. The van der Waals surface area contributed by atoms with Crippen molar-refractivity contribution in [1.82, 2.24) is 4.31 Å². The molecule has 0 N–H and O–H groups in total. The smallest absolute Gasteiger partial charge is 0.261 e. The third-order valence-electron chi connectivity index (χ3n) is 9.05. The molecule has 0 saturated carbocycles. The summed E-state index contributed by atoms with van der Waals surface area (Å²) in [5.41, 5.74) is -0.851. The zero-order chi connectivity index (χ0) is 34.4. The fraction of sp³-hybridized carbons (Fsp3) is 0.541. The number of allylic oxidation sites excluding steroid dienone is 1. The van der Waals surface area contributed by atoms with Gasteiger partial charge < -0.3 is 13.9 Å². The number of benzene rings is 2. The Morgan fingerprint density at radius 1 is 0.935 bits per heavy atom. The van der Waals surface area contributed by atoms with Gasteiger partial charge in [-0.25, -0.2) is 12.7 Å². The number of nitrogens with zero attached hydrogens (tertiary/aromatic N) is 1. The van der Waals surface area contributed by atoms with E-state index in [0.717, 1.165) is 0 Å². The molecular formula is C37H57NO6SSi. The van der Waals surface area contributed by atoms with Gasteiger partial charge in [-0.3, -0.25) is 4.79 Å². The van der Waals surface area contributed by atoms with Crippen molar-refractivity contribution in [3.8, 4) is 0 Å². The van der Waals surface area contributed by atoms with Crippen molar-refractivity contribution >= 4 is 34.5 Å². The summed E-state index contributed by atoms with van der Waals surface area (Å²) >= 11 is 0. The van der Waals surface area contributed by atoms with Gasteiger partial charge in [0.05, 0.1) is 6.26 Å². The first-order valence-electron chi connectivity index (χ1n) is 16.2. The SMILES string of the molecule is C=CC(=O)[C@](C)(CCCOCOC)[C@H](CCCO[Si](c1ccccc1)(c1ccccc1)C(C)(C)C)CN(C[C@@H](C)C=C)S(C)(=O)=O. The van der Waals surface area contributed by atoms with Crippen LogP contribution in [0.5, 0.6) is 0 Å². The molecule has 7 nitrogen and oxygen atoms in total. The lowest BCUT2D eigenvalue weighted by Crippen LogP contribution is -2.66. The van der Waals surface area contributed by atoms with Crippen LogP contribution in [0, 0.1) is 17.3 Å². The van der Waals surface area contributed by atoms with Crippen molar-refractivity contribution in [2.75, 3.05) is 46.5 Å². The van der Waals surface area contributed by atoms with Crippen LogP contribution in [0.3, 0.4) is 0 Å². The maximum Gasteiger partial charge on any atom is 0.261 e. The minimum atomic E-state index is -3.55. The molecule has 0 aromatic heterocycles. The number of sulfonamides is 1. The maximum absolute atomic E-state index is 13.6. The Morgan fingerprint density at radius 2 is 1.50 bits per heavy atom. The first-order chi connectivity index (χ1) is 21.7. The maximum atomic E-state index is 13.6. The standard InChI is InChI=1S/C37H57NO6SSi/c1-10-31(3)28-38(45(9,40)41)29-32(37(7,35(39)11-2)25-19-26-43-30-42-8)20-18-27-44-46(36(4,5)6,33-21-14-12-15-22-33)34-23-16-13-17-24-34/h10-17,21-24,31-32H,1-2,18-20,25-30H2,3-9H3/t31-,32+,37+/m0/s1. The molecular weight excluding hydrogens is 615 g/mol. The number of ether oxygens (including phenoxy) is 2. The van der Waals surface area contributed by atoms with E-state index in [1.807, 2.05) is 26.0 Å². The van der Waals surface area contributed by atoms with Gasteiger partial charge in [-0.2, -0.15) is 0 Å². The molecule has 3 atom stereocenters. The minimum Gasteiger partial charge on any atom is -0.407 e. The van der Waals surface area contributed by atoms with Gasteiger partial charge in [0.1, 0.15) is 6.79 Å². The summed E-state index contributed by atoms with van der Waals surface area (Å²) in [6, 6.07) is 21.0. The number of hydrogen-bond acceptors (Lipinski definition) is 6.